The maximum atomic E-state index is 4.78. The Labute approximate surface area is 129 Å². The highest BCUT2D eigenvalue weighted by Crippen LogP contribution is 2.15. The molecule has 1 aromatic rings. The Bertz CT molecular complexity index is 421. The van der Waals surface area contributed by atoms with Crippen molar-refractivity contribution in [3.05, 3.63) is 29.6 Å². The van der Waals surface area contributed by atoms with Crippen LogP contribution < -0.4 is 5.32 Å². The first kappa shape index (κ1) is 16.4. The molecule has 0 amide bonds. The molecule has 21 heavy (non-hydrogen) atoms. The Morgan fingerprint density at radius 1 is 1.38 bits per heavy atom. The Balaban J connectivity index is 1.87. The summed E-state index contributed by atoms with van der Waals surface area (Å²) in [4.78, 5) is 9.67. The Kier molecular flexibility index (Phi) is 6.61. The molecule has 1 fully saturated rings. The first-order valence-electron chi connectivity index (χ1n) is 8.23. The SMILES string of the molecule is CCCNCc1cccc(CN(C)C2CCCN(C)C2)n1. The second-order valence-electron chi connectivity index (χ2n) is 6.27. The fraction of sp³-hybridized carbons (Fsp3) is 0.706. The third kappa shape index (κ3) is 5.38. The maximum absolute atomic E-state index is 4.78. The summed E-state index contributed by atoms with van der Waals surface area (Å²) in [5, 5.41) is 3.42. The van der Waals surface area contributed by atoms with Crippen LogP contribution in [0.2, 0.25) is 0 Å². The number of aromatic nitrogens is 1. The van der Waals surface area contributed by atoms with Crippen LogP contribution in [0.25, 0.3) is 0 Å². The summed E-state index contributed by atoms with van der Waals surface area (Å²) in [7, 11) is 4.45. The third-order valence-electron chi connectivity index (χ3n) is 4.23. The lowest BCUT2D eigenvalue weighted by molar-refractivity contribution is 0.128. The van der Waals surface area contributed by atoms with E-state index in [1.165, 1.54) is 31.6 Å². The van der Waals surface area contributed by atoms with Gasteiger partial charge in [-0.05, 0) is 58.6 Å². The Morgan fingerprint density at radius 3 is 2.95 bits per heavy atom. The number of piperidine rings is 1. The van der Waals surface area contributed by atoms with Crippen molar-refractivity contribution in [2.24, 2.45) is 0 Å². The molecule has 118 valence electrons. The minimum Gasteiger partial charge on any atom is -0.311 e. The highest BCUT2D eigenvalue weighted by Gasteiger charge is 2.21. The van der Waals surface area contributed by atoms with Crippen molar-refractivity contribution < 1.29 is 0 Å². The molecule has 1 aliphatic rings. The van der Waals surface area contributed by atoms with E-state index in [9.17, 15) is 0 Å². The zero-order valence-electron chi connectivity index (χ0n) is 13.8. The predicted octanol–water partition coefficient (Wildman–Crippen LogP) is 2.11. The van der Waals surface area contributed by atoms with Crippen LogP contribution in [0.1, 0.15) is 37.6 Å². The second kappa shape index (κ2) is 8.47. The van der Waals surface area contributed by atoms with Gasteiger partial charge in [0.1, 0.15) is 0 Å². The molecule has 1 aliphatic heterocycles. The van der Waals surface area contributed by atoms with Crippen LogP contribution in [0.4, 0.5) is 0 Å². The number of nitrogens with zero attached hydrogens (tertiary/aromatic N) is 3. The third-order valence-corrected chi connectivity index (χ3v) is 4.23. The fourth-order valence-electron chi connectivity index (χ4n) is 2.99. The van der Waals surface area contributed by atoms with Gasteiger partial charge in [-0.25, -0.2) is 0 Å². The Hall–Kier alpha value is -0.970. The van der Waals surface area contributed by atoms with Crippen molar-refractivity contribution in [2.45, 2.75) is 45.3 Å². The molecule has 4 nitrogen and oxygen atoms in total. The molecular weight excluding hydrogens is 260 g/mol. The molecular formula is C17H30N4. The number of likely N-dealkylation sites (N-methyl/N-ethyl adjacent to an activating group) is 2. The lowest BCUT2D eigenvalue weighted by Gasteiger charge is -2.35. The largest absolute Gasteiger partial charge is 0.311 e. The molecule has 0 spiro atoms. The molecule has 1 unspecified atom stereocenters. The van der Waals surface area contributed by atoms with Gasteiger partial charge in [0.25, 0.3) is 0 Å². The molecule has 0 saturated carbocycles. The summed E-state index contributed by atoms with van der Waals surface area (Å²) in [6.07, 6.45) is 3.77. The molecule has 2 heterocycles. The van der Waals surface area contributed by atoms with Gasteiger partial charge in [0.15, 0.2) is 0 Å². The standard InChI is InChI=1S/C17H30N4/c1-4-10-18-12-15-7-5-8-16(19-15)13-21(3)17-9-6-11-20(2)14-17/h5,7-8,17-18H,4,6,9-14H2,1-3H3. The number of rotatable bonds is 7. The summed E-state index contributed by atoms with van der Waals surface area (Å²) in [5.41, 5.74) is 2.33. The highest BCUT2D eigenvalue weighted by atomic mass is 15.2. The van der Waals surface area contributed by atoms with E-state index in [-0.39, 0.29) is 0 Å². The molecule has 0 bridgehead atoms. The molecule has 1 aromatic heterocycles. The number of hydrogen-bond acceptors (Lipinski definition) is 4. The monoisotopic (exact) mass is 290 g/mol. The van der Waals surface area contributed by atoms with E-state index >= 15 is 0 Å². The number of hydrogen-bond donors (Lipinski definition) is 1. The van der Waals surface area contributed by atoms with Gasteiger partial charge in [-0.2, -0.15) is 0 Å². The average Bonchev–Trinajstić information content (AvgIpc) is 2.48. The zero-order chi connectivity index (χ0) is 15.1. The highest BCUT2D eigenvalue weighted by molar-refractivity contribution is 5.11. The Morgan fingerprint density at radius 2 is 2.19 bits per heavy atom. The average molecular weight is 290 g/mol. The summed E-state index contributed by atoms with van der Waals surface area (Å²) < 4.78 is 0. The van der Waals surface area contributed by atoms with Crippen LogP contribution in [0.5, 0.6) is 0 Å². The van der Waals surface area contributed by atoms with E-state index in [0.29, 0.717) is 6.04 Å². The lowest BCUT2D eigenvalue weighted by atomic mass is 10.0. The van der Waals surface area contributed by atoms with E-state index < -0.39 is 0 Å². The van der Waals surface area contributed by atoms with E-state index in [4.69, 9.17) is 4.98 Å². The van der Waals surface area contributed by atoms with E-state index in [0.717, 1.165) is 31.7 Å². The number of likely N-dealkylation sites (tertiary alicyclic amines) is 1. The van der Waals surface area contributed by atoms with Gasteiger partial charge in [0, 0.05) is 25.7 Å². The number of nitrogens with one attached hydrogen (secondary N) is 1. The van der Waals surface area contributed by atoms with Crippen LogP contribution in [-0.2, 0) is 13.1 Å². The van der Waals surface area contributed by atoms with Gasteiger partial charge in [0.2, 0.25) is 0 Å². The van der Waals surface area contributed by atoms with Gasteiger partial charge in [-0.3, -0.25) is 9.88 Å². The minimum atomic E-state index is 0.660. The van der Waals surface area contributed by atoms with Crippen LogP contribution >= 0.6 is 0 Å². The fourth-order valence-corrected chi connectivity index (χ4v) is 2.99. The van der Waals surface area contributed by atoms with Gasteiger partial charge in [0.05, 0.1) is 11.4 Å². The quantitative estimate of drug-likeness (QED) is 0.779. The van der Waals surface area contributed by atoms with Crippen molar-refractivity contribution in [3.63, 3.8) is 0 Å². The van der Waals surface area contributed by atoms with Gasteiger partial charge < -0.3 is 10.2 Å². The second-order valence-corrected chi connectivity index (χ2v) is 6.27. The first-order valence-corrected chi connectivity index (χ1v) is 8.23. The van der Waals surface area contributed by atoms with Crippen molar-refractivity contribution in [1.82, 2.24) is 20.1 Å². The van der Waals surface area contributed by atoms with Crippen LogP contribution in [0.3, 0.4) is 0 Å². The molecule has 2 rings (SSSR count). The maximum Gasteiger partial charge on any atom is 0.0547 e. The summed E-state index contributed by atoms with van der Waals surface area (Å²) >= 11 is 0. The summed E-state index contributed by atoms with van der Waals surface area (Å²) in [6.45, 7) is 7.47. The topological polar surface area (TPSA) is 31.4 Å². The smallest absolute Gasteiger partial charge is 0.0547 e. The van der Waals surface area contributed by atoms with Gasteiger partial charge in [-0.15, -0.1) is 0 Å². The van der Waals surface area contributed by atoms with Crippen molar-refractivity contribution in [2.75, 3.05) is 33.7 Å². The molecule has 0 aromatic carbocycles. The lowest BCUT2D eigenvalue weighted by Crippen LogP contribution is -2.44. The molecule has 1 atom stereocenters. The van der Waals surface area contributed by atoms with Crippen LogP contribution in [-0.4, -0.2) is 54.6 Å². The van der Waals surface area contributed by atoms with Crippen LogP contribution in [0, 0.1) is 0 Å². The van der Waals surface area contributed by atoms with Crippen molar-refractivity contribution in [3.8, 4) is 0 Å². The molecule has 0 radical (unpaired) electrons. The summed E-state index contributed by atoms with van der Waals surface area (Å²) in [5.74, 6) is 0. The molecule has 4 heteroatoms. The van der Waals surface area contributed by atoms with Crippen molar-refractivity contribution >= 4 is 0 Å². The van der Waals surface area contributed by atoms with Gasteiger partial charge in [-0.1, -0.05) is 13.0 Å². The van der Waals surface area contributed by atoms with Gasteiger partial charge >= 0.3 is 0 Å². The van der Waals surface area contributed by atoms with Crippen molar-refractivity contribution in [1.29, 1.82) is 0 Å². The normalized spacial score (nSPS) is 20.1. The number of pyridine rings is 1. The summed E-state index contributed by atoms with van der Waals surface area (Å²) in [6, 6.07) is 7.05. The van der Waals surface area contributed by atoms with Crippen LogP contribution in [0.15, 0.2) is 18.2 Å². The molecule has 1 saturated heterocycles. The molecule has 1 N–H and O–H groups in total. The van der Waals surface area contributed by atoms with E-state index in [2.05, 4.69) is 54.3 Å². The first-order chi connectivity index (χ1) is 10.2. The van der Waals surface area contributed by atoms with E-state index in [1.807, 2.05) is 0 Å². The zero-order valence-corrected chi connectivity index (χ0v) is 13.8. The minimum absolute atomic E-state index is 0.660. The van der Waals surface area contributed by atoms with E-state index in [1.54, 1.807) is 0 Å². The molecule has 0 aliphatic carbocycles. The predicted molar refractivity (Wildman–Crippen MR) is 88.2 cm³/mol.